The maximum Gasteiger partial charge on any atom is 0.191 e. The summed E-state index contributed by atoms with van der Waals surface area (Å²) >= 11 is 5.89. The molecule has 0 aromatic heterocycles. The smallest absolute Gasteiger partial charge is 0.191 e. The van der Waals surface area contributed by atoms with Gasteiger partial charge in [-0.1, -0.05) is 35.9 Å². The molecule has 0 bridgehead atoms. The quantitative estimate of drug-likeness (QED) is 0.523. The summed E-state index contributed by atoms with van der Waals surface area (Å²) in [6, 6.07) is 15.0. The normalized spacial score (nSPS) is 12.6. The molecular formula is C19H24ClN3O2. The molecule has 0 amide bonds. The zero-order valence-electron chi connectivity index (χ0n) is 14.5. The molecule has 0 fully saturated rings. The number of ether oxygens (including phenoxy) is 1. The number of benzene rings is 2. The van der Waals surface area contributed by atoms with E-state index < -0.39 is 6.10 Å². The number of aliphatic imine (C=N–C) groups is 1. The number of guanidine groups is 1. The third-order valence-corrected chi connectivity index (χ3v) is 3.89. The van der Waals surface area contributed by atoms with Gasteiger partial charge in [0.1, 0.15) is 5.75 Å². The molecule has 0 spiro atoms. The zero-order chi connectivity index (χ0) is 18.1. The Bertz CT molecular complexity index is 672. The molecule has 6 heteroatoms. The van der Waals surface area contributed by atoms with Crippen LogP contribution in [0.1, 0.15) is 24.2 Å². The molecule has 0 saturated carbocycles. The van der Waals surface area contributed by atoms with Crippen LogP contribution in [0.15, 0.2) is 53.5 Å². The highest BCUT2D eigenvalue weighted by atomic mass is 35.5. The molecule has 1 atom stereocenters. The van der Waals surface area contributed by atoms with E-state index in [0.29, 0.717) is 24.1 Å². The minimum atomic E-state index is -0.634. The number of aliphatic hydroxyl groups is 1. The van der Waals surface area contributed by atoms with Crippen LogP contribution in [-0.2, 0) is 6.54 Å². The molecule has 2 rings (SSSR count). The van der Waals surface area contributed by atoms with Gasteiger partial charge in [-0.25, -0.2) is 4.99 Å². The van der Waals surface area contributed by atoms with Crippen molar-refractivity contribution in [3.05, 3.63) is 64.7 Å². The second-order valence-corrected chi connectivity index (χ2v) is 5.93. The van der Waals surface area contributed by atoms with Crippen LogP contribution < -0.4 is 15.4 Å². The maximum absolute atomic E-state index is 10.3. The van der Waals surface area contributed by atoms with Crippen LogP contribution in [0.5, 0.6) is 5.75 Å². The number of methoxy groups -OCH3 is 1. The molecule has 2 aromatic rings. The average Bonchev–Trinajstić information content (AvgIpc) is 2.65. The number of nitrogens with zero attached hydrogens (tertiary/aromatic N) is 1. The highest BCUT2D eigenvalue weighted by molar-refractivity contribution is 6.30. The van der Waals surface area contributed by atoms with Crippen molar-refractivity contribution in [2.75, 3.05) is 20.2 Å². The van der Waals surface area contributed by atoms with Crippen molar-refractivity contribution in [1.82, 2.24) is 10.6 Å². The molecule has 0 heterocycles. The lowest BCUT2D eigenvalue weighted by molar-refractivity contribution is 0.180. The van der Waals surface area contributed by atoms with E-state index in [9.17, 15) is 5.11 Å². The van der Waals surface area contributed by atoms with E-state index in [1.165, 1.54) is 0 Å². The molecular weight excluding hydrogens is 338 g/mol. The Morgan fingerprint density at radius 2 is 1.80 bits per heavy atom. The maximum atomic E-state index is 10.3. The Balaban J connectivity index is 1.93. The second kappa shape index (κ2) is 9.91. The number of hydrogen-bond acceptors (Lipinski definition) is 3. The largest absolute Gasteiger partial charge is 0.497 e. The molecule has 0 aliphatic rings. The van der Waals surface area contributed by atoms with Crippen LogP contribution >= 0.6 is 11.6 Å². The van der Waals surface area contributed by atoms with E-state index in [2.05, 4.69) is 15.6 Å². The van der Waals surface area contributed by atoms with Crippen molar-refractivity contribution >= 4 is 17.6 Å². The van der Waals surface area contributed by atoms with Gasteiger partial charge in [-0.05, 0) is 42.3 Å². The van der Waals surface area contributed by atoms with Gasteiger partial charge in [-0.3, -0.25) is 0 Å². The molecule has 0 aliphatic heterocycles. The van der Waals surface area contributed by atoms with Crippen LogP contribution in [0.25, 0.3) is 0 Å². The van der Waals surface area contributed by atoms with Gasteiger partial charge >= 0.3 is 0 Å². The van der Waals surface area contributed by atoms with E-state index in [1.54, 1.807) is 7.11 Å². The number of rotatable bonds is 7. The first-order valence-electron chi connectivity index (χ1n) is 8.21. The lowest BCUT2D eigenvalue weighted by atomic mass is 10.1. The van der Waals surface area contributed by atoms with E-state index in [1.807, 2.05) is 55.5 Å². The lowest BCUT2D eigenvalue weighted by Gasteiger charge is -2.16. The Kier molecular flexibility index (Phi) is 7.57. The molecule has 134 valence electrons. The van der Waals surface area contributed by atoms with Crippen molar-refractivity contribution < 1.29 is 9.84 Å². The summed E-state index contributed by atoms with van der Waals surface area (Å²) in [6.45, 7) is 3.63. The monoisotopic (exact) mass is 361 g/mol. The van der Waals surface area contributed by atoms with Gasteiger partial charge in [0.15, 0.2) is 5.96 Å². The van der Waals surface area contributed by atoms with E-state index in [4.69, 9.17) is 16.3 Å². The van der Waals surface area contributed by atoms with Gasteiger partial charge in [0.05, 0.1) is 19.8 Å². The molecule has 5 nitrogen and oxygen atoms in total. The van der Waals surface area contributed by atoms with Crippen molar-refractivity contribution in [2.45, 2.75) is 19.6 Å². The summed E-state index contributed by atoms with van der Waals surface area (Å²) < 4.78 is 5.13. The number of nitrogens with one attached hydrogen (secondary N) is 2. The third kappa shape index (κ3) is 6.29. The molecule has 1 unspecified atom stereocenters. The second-order valence-electron chi connectivity index (χ2n) is 5.49. The van der Waals surface area contributed by atoms with Crippen LogP contribution in [0.4, 0.5) is 0 Å². The van der Waals surface area contributed by atoms with E-state index in [0.717, 1.165) is 23.4 Å². The highest BCUT2D eigenvalue weighted by Crippen LogP contribution is 2.17. The minimum Gasteiger partial charge on any atom is -0.497 e. The predicted molar refractivity (Wildman–Crippen MR) is 102 cm³/mol. The van der Waals surface area contributed by atoms with Gasteiger partial charge in [0.2, 0.25) is 0 Å². The Labute approximate surface area is 153 Å². The van der Waals surface area contributed by atoms with Crippen LogP contribution in [-0.4, -0.2) is 31.3 Å². The molecule has 0 saturated heterocycles. The Morgan fingerprint density at radius 3 is 2.40 bits per heavy atom. The number of hydrogen-bond donors (Lipinski definition) is 3. The van der Waals surface area contributed by atoms with Crippen molar-refractivity contribution in [3.8, 4) is 5.75 Å². The first kappa shape index (κ1) is 19.1. The molecule has 0 radical (unpaired) electrons. The van der Waals surface area contributed by atoms with Crippen LogP contribution in [0.2, 0.25) is 5.02 Å². The first-order valence-corrected chi connectivity index (χ1v) is 8.58. The minimum absolute atomic E-state index is 0.360. The predicted octanol–water partition coefficient (Wildman–Crippen LogP) is 3.14. The highest BCUT2D eigenvalue weighted by Gasteiger charge is 2.08. The Hall–Kier alpha value is -2.24. The summed E-state index contributed by atoms with van der Waals surface area (Å²) in [4.78, 5) is 4.53. The van der Waals surface area contributed by atoms with Crippen molar-refractivity contribution in [3.63, 3.8) is 0 Å². The summed E-state index contributed by atoms with van der Waals surface area (Å²) in [6.07, 6.45) is -0.634. The van der Waals surface area contributed by atoms with Gasteiger partial charge in [-0.2, -0.15) is 0 Å². The summed E-state index contributed by atoms with van der Waals surface area (Å²) in [5.74, 6) is 1.42. The van der Waals surface area contributed by atoms with Gasteiger partial charge in [0, 0.05) is 18.1 Å². The standard InChI is InChI=1S/C19H24ClN3O2/c1-3-21-19(22-12-14-4-8-16(20)9-5-14)23-13-18(24)15-6-10-17(25-2)11-7-15/h4-11,18,24H,3,12-13H2,1-2H3,(H2,21,22,23). The molecule has 25 heavy (non-hydrogen) atoms. The zero-order valence-corrected chi connectivity index (χ0v) is 15.3. The summed E-state index contributed by atoms with van der Waals surface area (Å²) in [5, 5.41) is 17.4. The Morgan fingerprint density at radius 1 is 1.12 bits per heavy atom. The van der Waals surface area contributed by atoms with Gasteiger partial charge < -0.3 is 20.5 Å². The average molecular weight is 362 g/mol. The summed E-state index contributed by atoms with van der Waals surface area (Å²) in [5.41, 5.74) is 1.89. The first-order chi connectivity index (χ1) is 12.1. The van der Waals surface area contributed by atoms with Gasteiger partial charge in [-0.15, -0.1) is 0 Å². The van der Waals surface area contributed by atoms with E-state index >= 15 is 0 Å². The fraction of sp³-hybridized carbons (Fsp3) is 0.316. The fourth-order valence-electron chi connectivity index (χ4n) is 2.24. The van der Waals surface area contributed by atoms with E-state index in [-0.39, 0.29) is 0 Å². The number of aliphatic hydroxyl groups excluding tert-OH is 1. The summed E-state index contributed by atoms with van der Waals surface area (Å²) in [7, 11) is 1.62. The van der Waals surface area contributed by atoms with Crippen molar-refractivity contribution in [1.29, 1.82) is 0 Å². The van der Waals surface area contributed by atoms with Crippen LogP contribution in [0, 0.1) is 0 Å². The van der Waals surface area contributed by atoms with Crippen LogP contribution in [0.3, 0.4) is 0 Å². The SMILES string of the molecule is CCNC(=NCc1ccc(Cl)cc1)NCC(O)c1ccc(OC)cc1. The molecule has 3 N–H and O–H groups in total. The third-order valence-electron chi connectivity index (χ3n) is 3.64. The molecule has 2 aromatic carbocycles. The number of halogens is 1. The van der Waals surface area contributed by atoms with Gasteiger partial charge in [0.25, 0.3) is 0 Å². The topological polar surface area (TPSA) is 65.9 Å². The lowest BCUT2D eigenvalue weighted by Crippen LogP contribution is -2.39. The van der Waals surface area contributed by atoms with Crippen molar-refractivity contribution in [2.24, 2.45) is 4.99 Å². The fourth-order valence-corrected chi connectivity index (χ4v) is 2.37. The molecule has 0 aliphatic carbocycles.